The second kappa shape index (κ2) is 4.53. The maximum Gasteiger partial charge on any atom is 0.152 e. The SMILES string of the molecule is Cc1cc(N)c(N)cc1OC(C)C1=NCCN1. The lowest BCUT2D eigenvalue weighted by Crippen LogP contribution is -2.33. The van der Waals surface area contributed by atoms with Crippen LogP contribution < -0.4 is 21.5 Å². The molecule has 0 spiro atoms. The molecule has 1 unspecified atom stereocenters. The Kier molecular flexibility index (Phi) is 3.08. The topological polar surface area (TPSA) is 85.7 Å². The minimum absolute atomic E-state index is 0.0979. The summed E-state index contributed by atoms with van der Waals surface area (Å²) in [5.41, 5.74) is 13.6. The highest BCUT2D eigenvalue weighted by Crippen LogP contribution is 2.27. The molecule has 17 heavy (non-hydrogen) atoms. The average Bonchev–Trinajstić information content (AvgIpc) is 2.79. The number of rotatable bonds is 3. The van der Waals surface area contributed by atoms with Crippen LogP contribution in [0.5, 0.6) is 5.75 Å². The molecule has 2 rings (SSSR count). The van der Waals surface area contributed by atoms with E-state index in [-0.39, 0.29) is 6.10 Å². The minimum atomic E-state index is -0.0979. The van der Waals surface area contributed by atoms with Crippen molar-refractivity contribution in [2.24, 2.45) is 4.99 Å². The van der Waals surface area contributed by atoms with Gasteiger partial charge in [0.05, 0.1) is 17.9 Å². The van der Waals surface area contributed by atoms with Crippen LogP contribution in [0.4, 0.5) is 11.4 Å². The Balaban J connectivity index is 2.15. The van der Waals surface area contributed by atoms with E-state index in [0.717, 1.165) is 30.2 Å². The largest absolute Gasteiger partial charge is 0.482 e. The third-order valence-corrected chi connectivity index (χ3v) is 2.77. The Morgan fingerprint density at radius 1 is 1.35 bits per heavy atom. The lowest BCUT2D eigenvalue weighted by Gasteiger charge is -2.17. The third-order valence-electron chi connectivity index (χ3n) is 2.77. The molecule has 1 atom stereocenters. The fraction of sp³-hybridized carbons (Fsp3) is 0.417. The van der Waals surface area contributed by atoms with Gasteiger partial charge >= 0.3 is 0 Å². The van der Waals surface area contributed by atoms with E-state index in [9.17, 15) is 0 Å². The molecule has 0 fully saturated rings. The molecule has 0 aromatic heterocycles. The van der Waals surface area contributed by atoms with Crippen molar-refractivity contribution in [3.8, 4) is 5.75 Å². The average molecular weight is 234 g/mol. The maximum atomic E-state index is 5.84. The summed E-state index contributed by atoms with van der Waals surface area (Å²) in [7, 11) is 0. The second-order valence-electron chi connectivity index (χ2n) is 4.20. The molecular weight excluding hydrogens is 216 g/mol. The summed E-state index contributed by atoms with van der Waals surface area (Å²) in [6.07, 6.45) is -0.0979. The van der Waals surface area contributed by atoms with Crippen LogP contribution in [-0.2, 0) is 0 Å². The molecule has 1 aliphatic rings. The predicted molar refractivity (Wildman–Crippen MR) is 70.4 cm³/mol. The molecule has 0 bridgehead atoms. The molecule has 0 saturated heterocycles. The van der Waals surface area contributed by atoms with E-state index >= 15 is 0 Å². The monoisotopic (exact) mass is 234 g/mol. The van der Waals surface area contributed by atoms with E-state index in [1.54, 1.807) is 6.07 Å². The van der Waals surface area contributed by atoms with Gasteiger partial charge in [-0.15, -0.1) is 0 Å². The number of hydrogen-bond donors (Lipinski definition) is 3. The van der Waals surface area contributed by atoms with Crippen LogP contribution in [0.25, 0.3) is 0 Å². The van der Waals surface area contributed by atoms with Crippen molar-refractivity contribution in [2.75, 3.05) is 24.6 Å². The zero-order valence-corrected chi connectivity index (χ0v) is 10.2. The summed E-state index contributed by atoms with van der Waals surface area (Å²) < 4.78 is 5.84. The lowest BCUT2D eigenvalue weighted by atomic mass is 10.1. The van der Waals surface area contributed by atoms with E-state index in [1.807, 2.05) is 19.9 Å². The minimum Gasteiger partial charge on any atom is -0.482 e. The van der Waals surface area contributed by atoms with Gasteiger partial charge in [0.25, 0.3) is 0 Å². The van der Waals surface area contributed by atoms with Crippen LogP contribution >= 0.6 is 0 Å². The van der Waals surface area contributed by atoms with Crippen LogP contribution in [0.15, 0.2) is 17.1 Å². The van der Waals surface area contributed by atoms with Crippen molar-refractivity contribution in [3.05, 3.63) is 17.7 Å². The molecule has 92 valence electrons. The molecule has 5 N–H and O–H groups in total. The van der Waals surface area contributed by atoms with Crippen LogP contribution in [0.2, 0.25) is 0 Å². The van der Waals surface area contributed by atoms with Gasteiger partial charge in [-0.3, -0.25) is 4.99 Å². The van der Waals surface area contributed by atoms with Gasteiger partial charge in [-0.05, 0) is 25.5 Å². The highest BCUT2D eigenvalue weighted by molar-refractivity contribution is 5.87. The van der Waals surface area contributed by atoms with Gasteiger partial charge in [0, 0.05) is 12.6 Å². The van der Waals surface area contributed by atoms with Crippen LogP contribution in [-0.4, -0.2) is 25.0 Å². The van der Waals surface area contributed by atoms with Crippen molar-refractivity contribution in [1.82, 2.24) is 5.32 Å². The van der Waals surface area contributed by atoms with Crippen LogP contribution in [0, 0.1) is 6.92 Å². The van der Waals surface area contributed by atoms with Gasteiger partial charge in [0.15, 0.2) is 6.10 Å². The first-order chi connectivity index (χ1) is 8.08. The number of anilines is 2. The highest BCUT2D eigenvalue weighted by Gasteiger charge is 2.16. The summed E-state index contributed by atoms with van der Waals surface area (Å²) >= 11 is 0. The van der Waals surface area contributed by atoms with Gasteiger partial charge < -0.3 is 21.5 Å². The Labute approximate surface area is 101 Å². The Bertz CT molecular complexity index is 456. The smallest absolute Gasteiger partial charge is 0.152 e. The molecule has 1 heterocycles. The summed E-state index contributed by atoms with van der Waals surface area (Å²) in [5, 5.41) is 3.19. The maximum absolute atomic E-state index is 5.84. The summed E-state index contributed by atoms with van der Waals surface area (Å²) in [5.74, 6) is 1.64. The van der Waals surface area contributed by atoms with E-state index in [4.69, 9.17) is 16.2 Å². The Hall–Kier alpha value is -1.91. The Morgan fingerprint density at radius 2 is 2.06 bits per heavy atom. The number of nitrogens with one attached hydrogen (secondary N) is 1. The number of aliphatic imine (C=N–C) groups is 1. The van der Waals surface area contributed by atoms with Gasteiger partial charge in [0.1, 0.15) is 11.6 Å². The zero-order chi connectivity index (χ0) is 12.4. The number of aryl methyl sites for hydroxylation is 1. The van der Waals surface area contributed by atoms with Gasteiger partial charge in [-0.25, -0.2) is 0 Å². The molecule has 1 aliphatic heterocycles. The zero-order valence-electron chi connectivity index (χ0n) is 10.2. The van der Waals surface area contributed by atoms with Crippen LogP contribution in [0.3, 0.4) is 0 Å². The number of benzene rings is 1. The van der Waals surface area contributed by atoms with Crippen molar-refractivity contribution in [1.29, 1.82) is 0 Å². The van der Waals surface area contributed by atoms with Crippen molar-refractivity contribution in [3.63, 3.8) is 0 Å². The van der Waals surface area contributed by atoms with Crippen molar-refractivity contribution in [2.45, 2.75) is 20.0 Å². The summed E-state index contributed by atoms with van der Waals surface area (Å²) in [6, 6.07) is 3.58. The molecule has 1 aromatic rings. The molecular formula is C12H18N4O. The molecule has 5 heteroatoms. The van der Waals surface area contributed by atoms with Gasteiger partial charge in [-0.2, -0.15) is 0 Å². The van der Waals surface area contributed by atoms with Gasteiger partial charge in [-0.1, -0.05) is 0 Å². The standard InChI is InChI=1S/C12H18N4O/c1-7-5-9(13)10(14)6-11(7)17-8(2)12-15-3-4-16-12/h5-6,8H,3-4,13-14H2,1-2H3,(H,15,16). The fourth-order valence-corrected chi connectivity index (χ4v) is 1.79. The quantitative estimate of drug-likeness (QED) is 0.679. The third kappa shape index (κ3) is 2.43. The van der Waals surface area contributed by atoms with E-state index in [0.29, 0.717) is 11.4 Å². The fourth-order valence-electron chi connectivity index (χ4n) is 1.79. The number of nitrogens with two attached hydrogens (primary N) is 2. The first-order valence-electron chi connectivity index (χ1n) is 5.68. The molecule has 0 radical (unpaired) electrons. The number of ether oxygens (including phenoxy) is 1. The number of nitrogen functional groups attached to an aromatic ring is 2. The lowest BCUT2D eigenvalue weighted by molar-refractivity contribution is 0.282. The summed E-state index contributed by atoms with van der Waals surface area (Å²) in [4.78, 5) is 4.33. The highest BCUT2D eigenvalue weighted by atomic mass is 16.5. The first-order valence-corrected chi connectivity index (χ1v) is 5.68. The van der Waals surface area contributed by atoms with Crippen LogP contribution in [0.1, 0.15) is 12.5 Å². The second-order valence-corrected chi connectivity index (χ2v) is 4.20. The normalized spacial score (nSPS) is 16.2. The molecule has 0 amide bonds. The molecule has 0 aliphatic carbocycles. The number of nitrogens with zero attached hydrogens (tertiary/aromatic N) is 1. The van der Waals surface area contributed by atoms with Gasteiger partial charge in [0.2, 0.25) is 0 Å². The van der Waals surface area contributed by atoms with E-state index < -0.39 is 0 Å². The van der Waals surface area contributed by atoms with E-state index in [2.05, 4.69) is 10.3 Å². The molecule has 5 nitrogen and oxygen atoms in total. The van der Waals surface area contributed by atoms with Crippen molar-refractivity contribution >= 4 is 17.2 Å². The van der Waals surface area contributed by atoms with E-state index in [1.165, 1.54) is 0 Å². The number of hydrogen-bond acceptors (Lipinski definition) is 5. The summed E-state index contributed by atoms with van der Waals surface area (Å²) in [6.45, 7) is 5.60. The van der Waals surface area contributed by atoms with Crippen molar-refractivity contribution < 1.29 is 4.74 Å². The Morgan fingerprint density at radius 3 is 2.71 bits per heavy atom. The number of amidine groups is 1. The molecule has 1 aromatic carbocycles. The first kappa shape index (κ1) is 11.6. The molecule has 0 saturated carbocycles. The predicted octanol–water partition coefficient (Wildman–Crippen LogP) is 0.928.